The van der Waals surface area contributed by atoms with E-state index in [4.69, 9.17) is 0 Å². The van der Waals surface area contributed by atoms with E-state index in [0.29, 0.717) is 37.0 Å². The van der Waals surface area contributed by atoms with Gasteiger partial charge in [-0.1, -0.05) is 36.4 Å². The van der Waals surface area contributed by atoms with Gasteiger partial charge in [0.05, 0.1) is 17.3 Å². The highest BCUT2D eigenvalue weighted by molar-refractivity contribution is 5.93. The molecule has 284 valence electrons. The van der Waals surface area contributed by atoms with Gasteiger partial charge in [0.15, 0.2) is 5.65 Å². The molecule has 5 heterocycles. The molecule has 1 amide bonds. The van der Waals surface area contributed by atoms with Gasteiger partial charge < -0.3 is 15.0 Å². The van der Waals surface area contributed by atoms with Gasteiger partial charge in [-0.25, -0.2) is 28.1 Å². The summed E-state index contributed by atoms with van der Waals surface area (Å²) in [5.74, 6) is -1.50. The molecule has 0 radical (unpaired) electrons. The molecule has 0 atom stereocenters. The molecule has 1 saturated carbocycles. The number of pyridine rings is 2. The molecule has 16 heteroatoms. The van der Waals surface area contributed by atoms with Crippen molar-refractivity contribution in [2.24, 2.45) is 0 Å². The third-order valence-corrected chi connectivity index (χ3v) is 9.94. The van der Waals surface area contributed by atoms with Crippen LogP contribution < -0.4 is 21.9 Å². The lowest BCUT2D eigenvalue weighted by Crippen LogP contribution is -2.45. The number of benzene rings is 2. The van der Waals surface area contributed by atoms with Crippen molar-refractivity contribution >= 4 is 59.8 Å². The lowest BCUT2D eigenvalue weighted by molar-refractivity contribution is 0.0917. The highest BCUT2D eigenvalue weighted by Gasteiger charge is 2.29. The van der Waals surface area contributed by atoms with Crippen LogP contribution in [0.25, 0.3) is 33.5 Å². The summed E-state index contributed by atoms with van der Waals surface area (Å²) in [6.45, 7) is 4.88. The molecule has 2 fully saturated rings. The van der Waals surface area contributed by atoms with Gasteiger partial charge in [0, 0.05) is 57.2 Å². The molecular weight excluding hydrogens is 761 g/mol. The predicted molar refractivity (Wildman–Crippen MR) is 211 cm³/mol. The third kappa shape index (κ3) is 8.20. The number of halogens is 5. The van der Waals surface area contributed by atoms with Crippen LogP contribution in [0.2, 0.25) is 0 Å². The Morgan fingerprint density at radius 1 is 0.852 bits per heavy atom. The zero-order valence-corrected chi connectivity index (χ0v) is 31.4. The quantitative estimate of drug-likeness (QED) is 0.212. The Morgan fingerprint density at radius 3 is 2.33 bits per heavy atom. The molecule has 11 nitrogen and oxygen atoms in total. The fraction of sp³-hybridized carbons (Fsp3) is 0.289. The molecule has 1 aliphatic heterocycles. The molecule has 2 aliphatic rings. The van der Waals surface area contributed by atoms with E-state index in [1.165, 1.54) is 43.6 Å². The minimum Gasteiger partial charge on any atom is -0.348 e. The Morgan fingerprint density at radius 2 is 1.59 bits per heavy atom. The van der Waals surface area contributed by atoms with Gasteiger partial charge in [-0.2, -0.15) is 0 Å². The molecule has 2 aromatic carbocycles. The average molecular weight is 800 g/mol. The van der Waals surface area contributed by atoms with Gasteiger partial charge in [0.25, 0.3) is 11.5 Å². The van der Waals surface area contributed by atoms with Gasteiger partial charge in [-0.15, -0.1) is 37.2 Å². The van der Waals surface area contributed by atoms with E-state index in [0.717, 1.165) is 56.1 Å². The summed E-state index contributed by atoms with van der Waals surface area (Å²) in [5, 5.41) is 6.38. The summed E-state index contributed by atoms with van der Waals surface area (Å²) in [5.41, 5.74) is 3.13. The van der Waals surface area contributed by atoms with E-state index in [1.807, 2.05) is 18.2 Å². The predicted octanol–water partition coefficient (Wildman–Crippen LogP) is 5.72. The lowest BCUT2D eigenvalue weighted by Gasteiger charge is -2.30. The Labute approximate surface area is 327 Å². The number of hydrogen-bond acceptors (Lipinski definition) is 7. The van der Waals surface area contributed by atoms with Crippen LogP contribution in [-0.2, 0) is 6.54 Å². The number of piperazine rings is 1. The summed E-state index contributed by atoms with van der Waals surface area (Å²) in [4.78, 5) is 52.1. The van der Waals surface area contributed by atoms with Gasteiger partial charge in [-0.05, 0) is 72.7 Å². The Bertz CT molecular complexity index is 2390. The number of nitrogens with zero attached hydrogens (tertiary/aromatic N) is 6. The molecule has 1 saturated heterocycles. The first-order valence-electron chi connectivity index (χ1n) is 17.2. The SMILES string of the molecule is Cl.Cl.Cl.O=C(NC1CCC(n2c(=O)c3cc(F)cnc3n(-c3cccc(-c4ccc(CN5CCNCC5)cc4)c3)c2=O)CC1)c1cn2cc(F)ccc2n1. The van der Waals surface area contributed by atoms with Crippen molar-refractivity contribution in [1.29, 1.82) is 0 Å². The van der Waals surface area contributed by atoms with Crippen molar-refractivity contribution in [2.45, 2.75) is 44.3 Å². The maximum absolute atomic E-state index is 14.5. The highest BCUT2D eigenvalue weighted by Crippen LogP contribution is 2.29. The topological polar surface area (TPSA) is 119 Å². The van der Waals surface area contributed by atoms with E-state index in [1.54, 1.807) is 6.07 Å². The van der Waals surface area contributed by atoms with E-state index in [9.17, 15) is 23.2 Å². The largest absolute Gasteiger partial charge is 0.348 e. The first-order chi connectivity index (χ1) is 24.8. The van der Waals surface area contributed by atoms with E-state index >= 15 is 0 Å². The minimum absolute atomic E-state index is 0. The number of aromatic nitrogens is 5. The van der Waals surface area contributed by atoms with Crippen LogP contribution in [-0.4, -0.2) is 66.5 Å². The van der Waals surface area contributed by atoms with Crippen LogP contribution in [0.1, 0.15) is 47.8 Å². The van der Waals surface area contributed by atoms with Crippen LogP contribution in [0.4, 0.5) is 8.78 Å². The fourth-order valence-electron chi connectivity index (χ4n) is 7.30. The van der Waals surface area contributed by atoms with Crippen molar-refractivity contribution in [2.75, 3.05) is 26.2 Å². The standard InChI is InChI=1S/C38H36F2N8O3.3ClH/c39-27-8-13-34-44-33(23-46(34)22-27)36(49)43-29-9-11-30(12-10-29)48-37(50)32-19-28(40)20-42-35(32)47(38(48)51)31-3-1-2-26(18-31)25-6-4-24(5-7-25)21-45-16-14-41-15-17-45;;;/h1-8,13,18-20,22-23,29-30,41H,9-12,14-17,21H2,(H,43,49);3*1H. The maximum Gasteiger partial charge on any atom is 0.337 e. The van der Waals surface area contributed by atoms with Crippen molar-refractivity contribution in [3.05, 3.63) is 129 Å². The number of fused-ring (bicyclic) bond motifs is 2. The Balaban J connectivity index is 0.00000187. The number of hydrogen-bond donors (Lipinski definition) is 2. The van der Waals surface area contributed by atoms with Crippen molar-refractivity contribution in [3.8, 4) is 16.8 Å². The second kappa shape index (κ2) is 17.2. The molecule has 6 aromatic rings. The summed E-state index contributed by atoms with van der Waals surface area (Å²) >= 11 is 0. The summed E-state index contributed by atoms with van der Waals surface area (Å²) in [6.07, 6.45) is 5.62. The molecular formula is C38H39Cl3F2N8O3. The molecule has 0 unspecified atom stereocenters. The van der Waals surface area contributed by atoms with Crippen molar-refractivity contribution in [3.63, 3.8) is 0 Å². The third-order valence-electron chi connectivity index (χ3n) is 9.94. The number of carbonyl (C=O) groups is 1. The van der Waals surface area contributed by atoms with E-state index in [-0.39, 0.29) is 65.9 Å². The minimum atomic E-state index is -0.674. The summed E-state index contributed by atoms with van der Waals surface area (Å²) in [6, 6.07) is 19.1. The lowest BCUT2D eigenvalue weighted by atomic mass is 9.90. The zero-order valence-electron chi connectivity index (χ0n) is 29.0. The van der Waals surface area contributed by atoms with Crippen molar-refractivity contribution in [1.82, 2.24) is 39.0 Å². The second-order valence-electron chi connectivity index (χ2n) is 13.3. The molecule has 2 N–H and O–H groups in total. The molecule has 0 bridgehead atoms. The Kier molecular flexibility index (Phi) is 12.9. The van der Waals surface area contributed by atoms with Crippen molar-refractivity contribution < 1.29 is 13.6 Å². The smallest absolute Gasteiger partial charge is 0.337 e. The van der Waals surface area contributed by atoms with Gasteiger partial charge in [0.2, 0.25) is 0 Å². The average Bonchev–Trinajstić information content (AvgIpc) is 3.57. The monoisotopic (exact) mass is 798 g/mol. The van der Waals surface area contributed by atoms with Crippen LogP contribution in [0.3, 0.4) is 0 Å². The van der Waals surface area contributed by atoms with E-state index in [2.05, 4.69) is 49.8 Å². The zero-order chi connectivity index (χ0) is 35.1. The molecule has 0 spiro atoms. The van der Waals surface area contributed by atoms with Crippen LogP contribution >= 0.6 is 37.2 Å². The fourth-order valence-corrected chi connectivity index (χ4v) is 7.30. The molecule has 1 aliphatic carbocycles. The number of imidazole rings is 1. The van der Waals surface area contributed by atoms with Crippen LogP contribution in [0, 0.1) is 11.6 Å². The first kappa shape index (κ1) is 40.5. The van der Waals surface area contributed by atoms with E-state index < -0.39 is 28.9 Å². The number of rotatable bonds is 7. The number of carbonyl (C=O) groups excluding carboxylic acids is 1. The first-order valence-corrected chi connectivity index (χ1v) is 17.2. The number of nitrogens with one attached hydrogen (secondary N) is 2. The van der Waals surface area contributed by atoms with Crippen LogP contribution in [0.5, 0.6) is 0 Å². The number of amides is 1. The van der Waals surface area contributed by atoms with Gasteiger partial charge in [-0.3, -0.25) is 19.1 Å². The summed E-state index contributed by atoms with van der Waals surface area (Å²) < 4.78 is 32.2. The maximum atomic E-state index is 14.5. The van der Waals surface area contributed by atoms with Gasteiger partial charge in [0.1, 0.15) is 23.0 Å². The second-order valence-corrected chi connectivity index (χ2v) is 13.3. The van der Waals surface area contributed by atoms with Crippen LogP contribution in [0.15, 0.2) is 94.9 Å². The molecule has 4 aromatic heterocycles. The van der Waals surface area contributed by atoms with Gasteiger partial charge >= 0.3 is 5.69 Å². The normalized spacial score (nSPS) is 17.3. The Hall–Kier alpha value is -4.66. The molecule has 8 rings (SSSR count). The summed E-state index contributed by atoms with van der Waals surface area (Å²) in [7, 11) is 0. The highest BCUT2D eigenvalue weighted by atomic mass is 35.5. The molecule has 54 heavy (non-hydrogen) atoms.